The Morgan fingerprint density at radius 3 is 2.26 bits per heavy atom. The Hall–Kier alpha value is -3.03. The predicted molar refractivity (Wildman–Crippen MR) is 104 cm³/mol. The van der Waals surface area contributed by atoms with Gasteiger partial charge in [0.05, 0.1) is 5.69 Å². The summed E-state index contributed by atoms with van der Waals surface area (Å²) >= 11 is 0. The van der Waals surface area contributed by atoms with Gasteiger partial charge < -0.3 is 9.80 Å². The van der Waals surface area contributed by atoms with E-state index < -0.39 is 0 Å². The minimum atomic E-state index is 0.330. The van der Waals surface area contributed by atoms with Crippen molar-refractivity contribution in [3.8, 4) is 5.82 Å². The molecule has 3 aromatic heterocycles. The molecule has 1 aliphatic heterocycles. The van der Waals surface area contributed by atoms with Crippen LogP contribution in [-0.2, 0) is 0 Å². The second kappa shape index (κ2) is 7.30. The van der Waals surface area contributed by atoms with Crippen molar-refractivity contribution < 1.29 is 0 Å². The van der Waals surface area contributed by atoms with E-state index >= 15 is 0 Å². The molecule has 0 aromatic carbocycles. The van der Waals surface area contributed by atoms with Crippen molar-refractivity contribution in [2.45, 2.75) is 26.7 Å². The standard InChI is InChI=1S/C19H24N8/c1-14(2)19-20-6-4-16(23-19)25-8-10-26(11-9-25)17-12-18(22-13-21-17)27-7-5-15(3)24-27/h4-7,12-14H,8-11H2,1-3H3. The maximum absolute atomic E-state index is 4.71. The number of rotatable bonds is 4. The zero-order valence-corrected chi connectivity index (χ0v) is 15.9. The maximum Gasteiger partial charge on any atom is 0.158 e. The molecule has 1 fully saturated rings. The number of aromatic nitrogens is 6. The molecule has 1 aliphatic rings. The number of aryl methyl sites for hydroxylation is 1. The lowest BCUT2D eigenvalue weighted by Crippen LogP contribution is -2.47. The van der Waals surface area contributed by atoms with Crippen molar-refractivity contribution in [3.05, 3.63) is 48.4 Å². The second-order valence-electron chi connectivity index (χ2n) is 7.04. The van der Waals surface area contributed by atoms with Gasteiger partial charge in [-0.15, -0.1) is 0 Å². The molecule has 8 nitrogen and oxygen atoms in total. The van der Waals surface area contributed by atoms with E-state index in [1.807, 2.05) is 37.5 Å². The van der Waals surface area contributed by atoms with Crippen LogP contribution >= 0.6 is 0 Å². The quantitative estimate of drug-likeness (QED) is 0.702. The molecule has 4 rings (SSSR count). The van der Waals surface area contributed by atoms with E-state index in [4.69, 9.17) is 4.98 Å². The smallest absolute Gasteiger partial charge is 0.158 e. The molecule has 3 aromatic rings. The van der Waals surface area contributed by atoms with Crippen LogP contribution in [-0.4, -0.2) is 55.9 Å². The SMILES string of the molecule is Cc1ccn(-c2cc(N3CCN(c4ccnc(C(C)C)n4)CC3)ncn2)n1. The van der Waals surface area contributed by atoms with E-state index in [0.29, 0.717) is 5.92 Å². The molecule has 0 aliphatic carbocycles. The van der Waals surface area contributed by atoms with Gasteiger partial charge in [-0.3, -0.25) is 0 Å². The van der Waals surface area contributed by atoms with Gasteiger partial charge >= 0.3 is 0 Å². The molecule has 0 unspecified atom stereocenters. The number of nitrogens with zero attached hydrogens (tertiary/aromatic N) is 8. The molecule has 8 heteroatoms. The summed E-state index contributed by atoms with van der Waals surface area (Å²) in [5, 5.41) is 4.43. The zero-order chi connectivity index (χ0) is 18.8. The summed E-state index contributed by atoms with van der Waals surface area (Å²) < 4.78 is 1.78. The molecule has 0 atom stereocenters. The fraction of sp³-hybridized carbons (Fsp3) is 0.421. The first-order valence-corrected chi connectivity index (χ1v) is 9.27. The lowest BCUT2D eigenvalue weighted by Gasteiger charge is -2.36. The van der Waals surface area contributed by atoms with Gasteiger partial charge in [-0.1, -0.05) is 13.8 Å². The van der Waals surface area contributed by atoms with E-state index in [1.165, 1.54) is 0 Å². The van der Waals surface area contributed by atoms with Gasteiger partial charge in [0.15, 0.2) is 5.82 Å². The first-order valence-electron chi connectivity index (χ1n) is 9.27. The monoisotopic (exact) mass is 364 g/mol. The van der Waals surface area contributed by atoms with Crippen LogP contribution in [0.15, 0.2) is 36.9 Å². The average molecular weight is 364 g/mol. The highest BCUT2D eigenvalue weighted by Gasteiger charge is 2.20. The van der Waals surface area contributed by atoms with Crippen LogP contribution in [0.25, 0.3) is 5.82 Å². The topological polar surface area (TPSA) is 75.9 Å². The van der Waals surface area contributed by atoms with Crippen LogP contribution in [0, 0.1) is 6.92 Å². The van der Waals surface area contributed by atoms with Gasteiger partial charge in [0.25, 0.3) is 0 Å². The summed E-state index contributed by atoms with van der Waals surface area (Å²) in [6, 6.07) is 5.95. The van der Waals surface area contributed by atoms with E-state index in [9.17, 15) is 0 Å². The molecule has 0 bridgehead atoms. The van der Waals surface area contributed by atoms with Crippen LogP contribution in [0.3, 0.4) is 0 Å². The zero-order valence-electron chi connectivity index (χ0n) is 15.9. The Bertz CT molecular complexity index is 911. The van der Waals surface area contributed by atoms with Gasteiger partial charge in [0.2, 0.25) is 0 Å². The lowest BCUT2D eigenvalue weighted by molar-refractivity contribution is 0.635. The van der Waals surface area contributed by atoms with E-state index in [1.54, 1.807) is 11.0 Å². The van der Waals surface area contributed by atoms with Crippen molar-refractivity contribution in [3.63, 3.8) is 0 Å². The third-order valence-corrected chi connectivity index (χ3v) is 4.70. The third kappa shape index (κ3) is 3.74. The number of hydrogen-bond donors (Lipinski definition) is 0. The van der Waals surface area contributed by atoms with Gasteiger partial charge in [-0.2, -0.15) is 5.10 Å². The van der Waals surface area contributed by atoms with E-state index in [0.717, 1.165) is 55.2 Å². The molecule has 0 spiro atoms. The summed E-state index contributed by atoms with van der Waals surface area (Å²) in [6.45, 7) is 9.76. The molecular weight excluding hydrogens is 340 g/mol. The normalized spacial score (nSPS) is 14.8. The largest absolute Gasteiger partial charge is 0.353 e. The van der Waals surface area contributed by atoms with E-state index in [2.05, 4.69) is 43.7 Å². The maximum atomic E-state index is 4.71. The fourth-order valence-electron chi connectivity index (χ4n) is 3.16. The van der Waals surface area contributed by atoms with Crippen molar-refractivity contribution in [2.75, 3.05) is 36.0 Å². The summed E-state index contributed by atoms with van der Waals surface area (Å²) in [4.78, 5) is 22.5. The van der Waals surface area contributed by atoms with Crippen LogP contribution in [0.5, 0.6) is 0 Å². The molecule has 27 heavy (non-hydrogen) atoms. The van der Waals surface area contributed by atoms with Crippen molar-refractivity contribution >= 4 is 11.6 Å². The Balaban J connectivity index is 1.46. The molecule has 0 amide bonds. The number of piperazine rings is 1. The minimum Gasteiger partial charge on any atom is -0.353 e. The lowest BCUT2D eigenvalue weighted by atomic mass is 10.2. The van der Waals surface area contributed by atoms with Gasteiger partial charge in [-0.25, -0.2) is 24.6 Å². The molecule has 0 radical (unpaired) electrons. The Morgan fingerprint density at radius 2 is 1.59 bits per heavy atom. The summed E-state index contributed by atoms with van der Waals surface area (Å²) in [5.41, 5.74) is 0.967. The fourth-order valence-corrected chi connectivity index (χ4v) is 3.16. The predicted octanol–water partition coefficient (Wildman–Crippen LogP) is 2.21. The molecule has 0 saturated carbocycles. The highest BCUT2D eigenvalue weighted by Crippen LogP contribution is 2.20. The molecule has 4 heterocycles. The van der Waals surface area contributed by atoms with Crippen molar-refractivity contribution in [1.29, 1.82) is 0 Å². The molecular formula is C19H24N8. The van der Waals surface area contributed by atoms with Crippen LogP contribution in [0.1, 0.15) is 31.3 Å². The first kappa shape index (κ1) is 17.4. The van der Waals surface area contributed by atoms with Crippen LogP contribution in [0.4, 0.5) is 11.6 Å². The highest BCUT2D eigenvalue weighted by atomic mass is 15.3. The van der Waals surface area contributed by atoms with Crippen molar-refractivity contribution in [2.24, 2.45) is 0 Å². The first-order chi connectivity index (χ1) is 13.1. The molecule has 0 N–H and O–H groups in total. The van der Waals surface area contributed by atoms with Crippen LogP contribution in [0.2, 0.25) is 0 Å². The molecule has 140 valence electrons. The van der Waals surface area contributed by atoms with Gasteiger partial charge in [0.1, 0.15) is 23.8 Å². The number of hydrogen-bond acceptors (Lipinski definition) is 7. The second-order valence-corrected chi connectivity index (χ2v) is 7.04. The van der Waals surface area contributed by atoms with E-state index in [-0.39, 0.29) is 0 Å². The highest BCUT2D eigenvalue weighted by molar-refractivity contribution is 5.47. The third-order valence-electron chi connectivity index (χ3n) is 4.70. The number of anilines is 2. The summed E-state index contributed by atoms with van der Waals surface area (Å²) in [5.74, 6) is 3.94. The Kier molecular flexibility index (Phi) is 4.70. The minimum absolute atomic E-state index is 0.330. The Labute approximate surface area is 158 Å². The summed E-state index contributed by atoms with van der Waals surface area (Å²) in [7, 11) is 0. The van der Waals surface area contributed by atoms with Crippen LogP contribution < -0.4 is 9.80 Å². The van der Waals surface area contributed by atoms with Crippen molar-refractivity contribution in [1.82, 2.24) is 29.7 Å². The molecule has 1 saturated heterocycles. The summed E-state index contributed by atoms with van der Waals surface area (Å²) in [6.07, 6.45) is 5.38. The van der Waals surface area contributed by atoms with Gasteiger partial charge in [0, 0.05) is 50.6 Å². The van der Waals surface area contributed by atoms with Gasteiger partial charge in [-0.05, 0) is 19.1 Å². The Morgan fingerprint density at radius 1 is 0.889 bits per heavy atom. The average Bonchev–Trinajstić information content (AvgIpc) is 3.15.